The number of benzene rings is 2. The molecule has 0 aliphatic carbocycles. The molecule has 0 amide bonds. The predicted molar refractivity (Wildman–Crippen MR) is 90.4 cm³/mol. The van der Waals surface area contributed by atoms with Crippen LogP contribution in [0.15, 0.2) is 53.5 Å². The van der Waals surface area contributed by atoms with Crippen LogP contribution in [0.2, 0.25) is 0 Å². The normalized spacial score (nSPS) is 18.8. The van der Waals surface area contributed by atoms with Crippen LogP contribution >= 0.6 is 0 Å². The Morgan fingerprint density at radius 2 is 1.79 bits per heavy atom. The zero-order chi connectivity index (χ0) is 17.4. The summed E-state index contributed by atoms with van der Waals surface area (Å²) in [4.78, 5) is 17.7. The van der Waals surface area contributed by atoms with Crippen LogP contribution in [0, 0.1) is 11.3 Å². The van der Waals surface area contributed by atoms with E-state index in [4.69, 9.17) is 10.00 Å². The lowest BCUT2D eigenvalue weighted by atomic mass is 9.90. The van der Waals surface area contributed by atoms with E-state index in [1.165, 1.54) is 0 Å². The van der Waals surface area contributed by atoms with E-state index in [0.717, 1.165) is 10.6 Å². The van der Waals surface area contributed by atoms with Crippen LogP contribution < -0.4 is 10.6 Å². The monoisotopic (exact) mass is 318 g/mol. The molecule has 0 radical (unpaired) electrons. The number of carbonyl (C=O) groups excluding carboxylic acids is 1. The maximum atomic E-state index is 13.0. The van der Waals surface area contributed by atoms with Crippen LogP contribution in [0.3, 0.4) is 0 Å². The van der Waals surface area contributed by atoms with Gasteiger partial charge in [0.1, 0.15) is 5.60 Å². The maximum absolute atomic E-state index is 13.0. The minimum atomic E-state index is -1.22. The van der Waals surface area contributed by atoms with Gasteiger partial charge < -0.3 is 4.74 Å². The Balaban J connectivity index is 2.18. The van der Waals surface area contributed by atoms with E-state index in [9.17, 15) is 4.79 Å². The number of ether oxygens (including phenoxy) is 1. The molecule has 3 rings (SSSR count). The predicted octanol–water partition coefficient (Wildman–Crippen LogP) is 2.21. The Morgan fingerprint density at radius 1 is 1.12 bits per heavy atom. The van der Waals surface area contributed by atoms with Gasteiger partial charge in [0.25, 0.3) is 0 Å². The number of esters is 1. The van der Waals surface area contributed by atoms with Gasteiger partial charge in [-0.05, 0) is 55.8 Å². The van der Waals surface area contributed by atoms with Crippen molar-refractivity contribution in [3.8, 4) is 6.07 Å². The van der Waals surface area contributed by atoms with Crippen molar-refractivity contribution in [1.29, 1.82) is 5.26 Å². The Kier molecular flexibility index (Phi) is 3.73. The van der Waals surface area contributed by atoms with Crippen molar-refractivity contribution in [3.05, 3.63) is 70.2 Å². The SMILES string of the molecule is CC(C)(C)OC(=O)C1(c2ccc(C#N)cc2)C=c2ccccc2=N1. The molecule has 1 atom stereocenters. The van der Waals surface area contributed by atoms with Crippen molar-refractivity contribution in [2.75, 3.05) is 0 Å². The van der Waals surface area contributed by atoms with Gasteiger partial charge in [0.2, 0.25) is 5.54 Å². The minimum Gasteiger partial charge on any atom is -0.458 e. The van der Waals surface area contributed by atoms with Crippen LogP contribution in [0.1, 0.15) is 31.9 Å². The Morgan fingerprint density at radius 3 is 2.38 bits per heavy atom. The van der Waals surface area contributed by atoms with Crippen LogP contribution in [-0.2, 0) is 15.1 Å². The lowest BCUT2D eigenvalue weighted by Crippen LogP contribution is -2.38. The van der Waals surface area contributed by atoms with Crippen LogP contribution in [0.5, 0.6) is 0 Å². The Bertz CT molecular complexity index is 910. The molecule has 0 fully saturated rings. The van der Waals surface area contributed by atoms with E-state index >= 15 is 0 Å². The molecule has 2 aromatic rings. The number of fused-ring (bicyclic) bond motifs is 1. The van der Waals surface area contributed by atoms with Gasteiger partial charge in [-0.25, -0.2) is 4.79 Å². The molecular formula is C20H18N2O2. The number of rotatable bonds is 2. The van der Waals surface area contributed by atoms with Crippen molar-refractivity contribution in [2.45, 2.75) is 31.9 Å². The number of carbonyl (C=O) groups is 1. The minimum absolute atomic E-state index is 0.420. The van der Waals surface area contributed by atoms with Crippen molar-refractivity contribution < 1.29 is 9.53 Å². The van der Waals surface area contributed by atoms with Crippen LogP contribution in [-0.4, -0.2) is 11.6 Å². The summed E-state index contributed by atoms with van der Waals surface area (Å²) in [5.74, 6) is -0.420. The quantitative estimate of drug-likeness (QED) is 0.798. The lowest BCUT2D eigenvalue weighted by molar-refractivity contribution is -0.159. The molecule has 0 saturated heterocycles. The second kappa shape index (κ2) is 5.61. The number of hydrogen-bond acceptors (Lipinski definition) is 4. The van der Waals surface area contributed by atoms with E-state index in [1.54, 1.807) is 24.3 Å². The van der Waals surface area contributed by atoms with Crippen molar-refractivity contribution in [1.82, 2.24) is 0 Å². The number of para-hydroxylation sites is 1. The third kappa shape index (κ3) is 2.81. The molecule has 2 aromatic carbocycles. The standard InChI is InChI=1S/C20H18N2O2/c1-19(2,3)24-18(23)20(16-10-8-14(13-21)9-11-16)12-15-6-4-5-7-17(15)22-20/h4-12H,1-3H3. The fraction of sp³-hybridized carbons (Fsp3) is 0.250. The number of hydrogen-bond donors (Lipinski definition) is 0. The third-order valence-corrected chi connectivity index (χ3v) is 3.76. The average molecular weight is 318 g/mol. The van der Waals surface area contributed by atoms with E-state index < -0.39 is 17.1 Å². The molecule has 1 aliphatic heterocycles. The highest BCUT2D eigenvalue weighted by Gasteiger charge is 2.43. The average Bonchev–Trinajstić information content (AvgIpc) is 2.94. The maximum Gasteiger partial charge on any atom is 0.343 e. The van der Waals surface area contributed by atoms with Crippen molar-refractivity contribution in [3.63, 3.8) is 0 Å². The Labute approximate surface area is 140 Å². The summed E-state index contributed by atoms with van der Waals surface area (Å²) in [6.07, 6.45) is 1.83. The number of nitriles is 1. The number of nitrogens with zero attached hydrogens (tertiary/aromatic N) is 2. The molecule has 4 heteroatoms. The van der Waals surface area contributed by atoms with Gasteiger partial charge >= 0.3 is 5.97 Å². The van der Waals surface area contributed by atoms with Gasteiger partial charge in [0.15, 0.2) is 0 Å². The zero-order valence-electron chi connectivity index (χ0n) is 13.9. The smallest absolute Gasteiger partial charge is 0.343 e. The first kappa shape index (κ1) is 15.9. The van der Waals surface area contributed by atoms with E-state index in [1.807, 2.05) is 51.1 Å². The molecule has 0 N–H and O–H groups in total. The molecule has 1 aliphatic rings. The summed E-state index contributed by atoms with van der Waals surface area (Å²) in [5.41, 5.74) is -0.611. The zero-order valence-corrected chi connectivity index (χ0v) is 13.9. The summed E-state index contributed by atoms with van der Waals surface area (Å²) in [6.45, 7) is 5.50. The van der Waals surface area contributed by atoms with Gasteiger partial charge in [-0.2, -0.15) is 5.26 Å². The summed E-state index contributed by atoms with van der Waals surface area (Å²) in [6, 6.07) is 16.6. The highest BCUT2D eigenvalue weighted by Crippen LogP contribution is 2.32. The van der Waals surface area contributed by atoms with Gasteiger partial charge in [0, 0.05) is 0 Å². The first-order valence-electron chi connectivity index (χ1n) is 7.76. The van der Waals surface area contributed by atoms with Crippen molar-refractivity contribution in [2.24, 2.45) is 4.99 Å². The summed E-state index contributed by atoms with van der Waals surface area (Å²) in [5, 5.41) is 10.6. The second-order valence-corrected chi connectivity index (χ2v) is 6.77. The second-order valence-electron chi connectivity index (χ2n) is 6.77. The summed E-state index contributed by atoms with van der Waals surface area (Å²) >= 11 is 0. The molecule has 120 valence electrons. The van der Waals surface area contributed by atoms with E-state index in [2.05, 4.69) is 11.1 Å². The van der Waals surface area contributed by atoms with Gasteiger partial charge in [-0.3, -0.25) is 4.99 Å². The van der Waals surface area contributed by atoms with E-state index in [-0.39, 0.29) is 0 Å². The highest BCUT2D eigenvalue weighted by molar-refractivity contribution is 5.91. The lowest BCUT2D eigenvalue weighted by Gasteiger charge is -2.28. The topological polar surface area (TPSA) is 62.5 Å². The van der Waals surface area contributed by atoms with Crippen LogP contribution in [0.4, 0.5) is 0 Å². The first-order chi connectivity index (χ1) is 11.3. The molecule has 1 heterocycles. The van der Waals surface area contributed by atoms with Gasteiger partial charge in [-0.1, -0.05) is 30.3 Å². The highest BCUT2D eigenvalue weighted by atomic mass is 16.6. The van der Waals surface area contributed by atoms with Gasteiger partial charge in [-0.15, -0.1) is 0 Å². The fourth-order valence-electron chi connectivity index (χ4n) is 2.68. The van der Waals surface area contributed by atoms with Crippen molar-refractivity contribution >= 4 is 12.0 Å². The molecule has 0 spiro atoms. The van der Waals surface area contributed by atoms with Crippen LogP contribution in [0.25, 0.3) is 6.08 Å². The summed E-state index contributed by atoms with van der Waals surface area (Å²) in [7, 11) is 0. The van der Waals surface area contributed by atoms with Gasteiger partial charge in [0.05, 0.1) is 17.0 Å². The third-order valence-electron chi connectivity index (χ3n) is 3.76. The molecule has 1 unspecified atom stereocenters. The molecule has 0 aromatic heterocycles. The molecule has 0 bridgehead atoms. The molecule has 0 saturated carbocycles. The Hall–Kier alpha value is -2.93. The largest absolute Gasteiger partial charge is 0.458 e. The van der Waals surface area contributed by atoms with E-state index in [0.29, 0.717) is 11.1 Å². The first-order valence-corrected chi connectivity index (χ1v) is 7.76. The fourth-order valence-corrected chi connectivity index (χ4v) is 2.68. The summed E-state index contributed by atoms with van der Waals surface area (Å²) < 4.78 is 5.64. The molecule has 4 nitrogen and oxygen atoms in total. The molecular weight excluding hydrogens is 300 g/mol. The molecule has 24 heavy (non-hydrogen) atoms.